The first-order chi connectivity index (χ1) is 11.0. The van der Waals surface area contributed by atoms with Gasteiger partial charge >= 0.3 is 0 Å². The maximum absolute atomic E-state index is 13.0. The number of aryl methyl sites for hydroxylation is 1. The normalized spacial score (nSPS) is 16.7. The van der Waals surface area contributed by atoms with E-state index in [1.165, 1.54) is 29.2 Å². The molecule has 1 aliphatic heterocycles. The van der Waals surface area contributed by atoms with Crippen molar-refractivity contribution in [1.29, 1.82) is 0 Å². The van der Waals surface area contributed by atoms with E-state index in [-0.39, 0.29) is 18.2 Å². The Balaban J connectivity index is 1.92. The molecule has 2 aromatic carbocycles. The van der Waals surface area contributed by atoms with Gasteiger partial charge in [0, 0.05) is 5.56 Å². The second-order valence-electron chi connectivity index (χ2n) is 5.59. The molecule has 4 nitrogen and oxygen atoms in total. The van der Waals surface area contributed by atoms with Crippen molar-refractivity contribution in [1.82, 2.24) is 0 Å². The largest absolute Gasteiger partial charge is 0.479 e. The predicted octanol–water partition coefficient (Wildman–Crippen LogP) is 3.13. The summed E-state index contributed by atoms with van der Waals surface area (Å²) in [4.78, 5) is 26.3. The maximum Gasteiger partial charge on any atom is 0.268 e. The van der Waals surface area contributed by atoms with Crippen LogP contribution in [0.5, 0.6) is 5.75 Å². The standard InChI is InChI=1S/C18H16FNO3/c1-11-3-8-17-15(9-11)20(18(22)12(2)23-17)10-16(21)13-4-6-14(19)7-5-13/h3-9,12H,10H2,1-2H3/t12-/m0/s1. The number of halogens is 1. The molecular formula is C18H16FNO3. The number of anilines is 1. The van der Waals surface area contributed by atoms with Crippen LogP contribution in [0.4, 0.5) is 10.1 Å². The third kappa shape index (κ3) is 2.95. The molecule has 0 bridgehead atoms. The summed E-state index contributed by atoms with van der Waals surface area (Å²) in [7, 11) is 0. The van der Waals surface area contributed by atoms with Gasteiger partial charge in [-0.1, -0.05) is 6.07 Å². The number of benzene rings is 2. The Labute approximate surface area is 133 Å². The van der Waals surface area contributed by atoms with E-state index in [4.69, 9.17) is 4.74 Å². The van der Waals surface area contributed by atoms with Crippen LogP contribution in [-0.4, -0.2) is 24.3 Å². The zero-order chi connectivity index (χ0) is 16.6. The molecule has 0 aromatic heterocycles. The molecule has 0 saturated heterocycles. The Morgan fingerprint density at radius 3 is 2.61 bits per heavy atom. The van der Waals surface area contributed by atoms with Crippen molar-refractivity contribution in [2.24, 2.45) is 0 Å². The number of ether oxygens (including phenoxy) is 1. The number of rotatable bonds is 3. The second kappa shape index (κ2) is 5.83. The van der Waals surface area contributed by atoms with Crippen molar-refractivity contribution in [2.75, 3.05) is 11.4 Å². The third-order valence-electron chi connectivity index (χ3n) is 3.79. The summed E-state index contributed by atoms with van der Waals surface area (Å²) in [5.74, 6) is -0.341. The summed E-state index contributed by atoms with van der Waals surface area (Å²) in [5.41, 5.74) is 1.92. The van der Waals surface area contributed by atoms with Crippen LogP contribution < -0.4 is 9.64 Å². The van der Waals surface area contributed by atoms with Crippen molar-refractivity contribution in [2.45, 2.75) is 20.0 Å². The van der Waals surface area contributed by atoms with Gasteiger partial charge < -0.3 is 4.74 Å². The molecule has 3 rings (SSSR count). The van der Waals surface area contributed by atoms with Crippen LogP contribution in [0.25, 0.3) is 0 Å². The van der Waals surface area contributed by atoms with E-state index in [0.717, 1.165) is 5.56 Å². The number of fused-ring (bicyclic) bond motifs is 1. The highest BCUT2D eigenvalue weighted by atomic mass is 19.1. The summed E-state index contributed by atoms with van der Waals surface area (Å²) < 4.78 is 18.6. The van der Waals surface area contributed by atoms with Gasteiger partial charge in [-0.05, 0) is 55.8 Å². The van der Waals surface area contributed by atoms with Gasteiger partial charge in [0.1, 0.15) is 11.6 Å². The fourth-order valence-corrected chi connectivity index (χ4v) is 2.55. The molecule has 0 saturated carbocycles. The minimum atomic E-state index is -0.647. The molecule has 2 aromatic rings. The minimum absolute atomic E-state index is 0.103. The SMILES string of the molecule is Cc1ccc2c(c1)N(CC(=O)c1ccc(F)cc1)C(=O)[C@H](C)O2. The number of hydrogen-bond donors (Lipinski definition) is 0. The van der Waals surface area contributed by atoms with Crippen LogP contribution >= 0.6 is 0 Å². The van der Waals surface area contributed by atoms with E-state index in [0.29, 0.717) is 17.0 Å². The second-order valence-corrected chi connectivity index (χ2v) is 5.59. The molecule has 0 fully saturated rings. The van der Waals surface area contributed by atoms with Gasteiger partial charge in [0.15, 0.2) is 11.9 Å². The molecule has 5 heteroatoms. The number of hydrogen-bond acceptors (Lipinski definition) is 3. The lowest BCUT2D eigenvalue weighted by atomic mass is 10.1. The monoisotopic (exact) mass is 313 g/mol. The number of ketones is 1. The predicted molar refractivity (Wildman–Crippen MR) is 84.4 cm³/mol. The first kappa shape index (κ1) is 15.2. The molecule has 1 aliphatic rings. The highest BCUT2D eigenvalue weighted by molar-refractivity contribution is 6.08. The van der Waals surface area contributed by atoms with Crippen molar-refractivity contribution >= 4 is 17.4 Å². The minimum Gasteiger partial charge on any atom is -0.479 e. The van der Waals surface area contributed by atoms with Crippen molar-refractivity contribution < 1.29 is 18.7 Å². The van der Waals surface area contributed by atoms with E-state index < -0.39 is 11.9 Å². The number of nitrogens with zero attached hydrogens (tertiary/aromatic N) is 1. The van der Waals surface area contributed by atoms with Gasteiger partial charge in [0.25, 0.3) is 5.91 Å². The lowest BCUT2D eigenvalue weighted by Crippen LogP contribution is -2.46. The van der Waals surface area contributed by atoms with Crippen LogP contribution in [-0.2, 0) is 4.79 Å². The van der Waals surface area contributed by atoms with Gasteiger partial charge in [-0.25, -0.2) is 4.39 Å². The van der Waals surface area contributed by atoms with Gasteiger partial charge in [-0.3, -0.25) is 14.5 Å². The zero-order valence-corrected chi connectivity index (χ0v) is 12.9. The quantitative estimate of drug-likeness (QED) is 0.818. The first-order valence-corrected chi connectivity index (χ1v) is 7.33. The number of carbonyl (C=O) groups is 2. The van der Waals surface area contributed by atoms with Gasteiger partial charge in [0.2, 0.25) is 0 Å². The maximum atomic E-state index is 13.0. The van der Waals surface area contributed by atoms with Crippen molar-refractivity contribution in [3.05, 3.63) is 59.4 Å². The summed E-state index contributed by atoms with van der Waals surface area (Å²) in [6.07, 6.45) is -0.647. The molecule has 1 atom stereocenters. The van der Waals surface area contributed by atoms with Crippen LogP contribution in [0.15, 0.2) is 42.5 Å². The Bertz CT molecular complexity index is 770. The summed E-state index contributed by atoms with van der Waals surface area (Å²) >= 11 is 0. The first-order valence-electron chi connectivity index (χ1n) is 7.33. The molecule has 0 aliphatic carbocycles. The van der Waals surface area contributed by atoms with Crippen LogP contribution in [0, 0.1) is 12.7 Å². The Morgan fingerprint density at radius 2 is 1.91 bits per heavy atom. The third-order valence-corrected chi connectivity index (χ3v) is 3.79. The fourth-order valence-electron chi connectivity index (χ4n) is 2.55. The van der Waals surface area contributed by atoms with Gasteiger partial charge in [-0.15, -0.1) is 0 Å². The van der Waals surface area contributed by atoms with E-state index >= 15 is 0 Å². The van der Waals surface area contributed by atoms with Gasteiger partial charge in [-0.2, -0.15) is 0 Å². The molecule has 1 amide bonds. The Hall–Kier alpha value is -2.69. The van der Waals surface area contributed by atoms with E-state index in [1.54, 1.807) is 13.0 Å². The van der Waals surface area contributed by atoms with Gasteiger partial charge in [0.05, 0.1) is 12.2 Å². The van der Waals surface area contributed by atoms with Crippen LogP contribution in [0.3, 0.4) is 0 Å². The van der Waals surface area contributed by atoms with Crippen LogP contribution in [0.1, 0.15) is 22.8 Å². The summed E-state index contributed by atoms with van der Waals surface area (Å²) in [6, 6.07) is 10.8. The molecule has 1 heterocycles. The number of Topliss-reactive ketones (excluding diaryl/α,β-unsaturated/α-hetero) is 1. The molecule has 0 spiro atoms. The number of amides is 1. The zero-order valence-electron chi connectivity index (χ0n) is 12.9. The molecule has 0 N–H and O–H groups in total. The Morgan fingerprint density at radius 1 is 1.22 bits per heavy atom. The van der Waals surface area contributed by atoms with E-state index in [9.17, 15) is 14.0 Å². The fraction of sp³-hybridized carbons (Fsp3) is 0.222. The summed E-state index contributed by atoms with van der Waals surface area (Å²) in [5, 5.41) is 0. The Kier molecular flexibility index (Phi) is 3.86. The van der Waals surface area contributed by atoms with Crippen molar-refractivity contribution in [3.8, 4) is 5.75 Å². The van der Waals surface area contributed by atoms with E-state index in [2.05, 4.69) is 0 Å². The van der Waals surface area contributed by atoms with Crippen LogP contribution in [0.2, 0.25) is 0 Å². The lowest BCUT2D eigenvalue weighted by Gasteiger charge is -2.32. The molecule has 0 radical (unpaired) electrons. The highest BCUT2D eigenvalue weighted by Gasteiger charge is 2.32. The molecule has 23 heavy (non-hydrogen) atoms. The molecule has 118 valence electrons. The molecular weight excluding hydrogens is 297 g/mol. The summed E-state index contributed by atoms with van der Waals surface area (Å²) in [6.45, 7) is 3.46. The van der Waals surface area contributed by atoms with E-state index in [1.807, 2.05) is 19.1 Å². The average Bonchev–Trinajstić information content (AvgIpc) is 2.53. The topological polar surface area (TPSA) is 46.6 Å². The lowest BCUT2D eigenvalue weighted by molar-refractivity contribution is -0.125. The number of carbonyl (C=O) groups excluding carboxylic acids is 2. The molecule has 0 unspecified atom stereocenters. The average molecular weight is 313 g/mol. The highest BCUT2D eigenvalue weighted by Crippen LogP contribution is 2.34. The smallest absolute Gasteiger partial charge is 0.268 e. The van der Waals surface area contributed by atoms with Crippen molar-refractivity contribution in [3.63, 3.8) is 0 Å².